The number of rotatable bonds is 7. The monoisotopic (exact) mass is 1590 g/mol. The van der Waals surface area contributed by atoms with Gasteiger partial charge in [-0.05, 0) is 221 Å². The van der Waals surface area contributed by atoms with Gasteiger partial charge in [0.2, 0.25) is 16.6 Å². The SMILES string of the molecule is CC(=O)Oc1ccc(C#N)c2c1C1(CC1)CO2.CC(C)(C)[Si](C)(C)Oc1ccc(Br)c2c1C1(CC1)CO2.CC(C)(C)[Si](C)(C)Oc1cccc2c1C1(CC1)CO2.N#Cc1ccc(O)c2c1OCC21CC1.O/N=C/c1ccc(O)c2c1OCC21CC1.O=Cc1ccc(O)c2c1OCC21CC1.c1ccc2c(c1)OCC21CC1. The molecule has 7 saturated carbocycles. The van der Waals surface area contributed by atoms with Gasteiger partial charge >= 0.3 is 5.97 Å². The Bertz CT molecular complexity index is 4970. The standard InChI is InChI=1S/C16H23BrO2Si.C16H24O2Si.C13H11NO3.C11H11NO3.C11H9NO2.C11H10O3.C10H10O/c1-15(2,3)20(4,5)19-12-7-6-11(17)14-13(12)16(8-9-16)10-18-14;1-15(2,3)19(4,5)18-13-8-6-7-12-14(13)16(9-10-16)11-17-12;1-8(15)17-10-3-2-9(6-14)12-11(10)13(4-5-13)7-16-12;13-8-2-1-7(5-12-14)10-9(8)11(3-4-11)6-15-10;2*12-5-7-1-2-8(13)9-10(7)14-6-11(9)3-4-11;1-2-4-9-8(3-1)10(5-6-10)7-11-9/h6-7H,8-10H2,1-5H3;6-8H,9-11H2,1-5H3;2-3H,4-5,7H2,1H3;1-2,5,13-14H,3-4,6H2;1-2,13H,3-4,6H2;1-2,5,13H,3-4,6H2;1-4H,5-7H2/b;;;12-5+;;;. The number of aldehydes is 1. The second-order valence-electron chi connectivity index (χ2n) is 35.7. The number of hydrogen-bond acceptors (Lipinski definition) is 19. The molecule has 7 aromatic rings. The zero-order valence-electron chi connectivity index (χ0n) is 64.7. The van der Waals surface area contributed by atoms with Gasteiger partial charge in [-0.2, -0.15) is 10.5 Å². The van der Waals surface area contributed by atoms with E-state index in [-0.39, 0.29) is 65.8 Å². The predicted molar refractivity (Wildman–Crippen MR) is 424 cm³/mol. The molecule has 110 heavy (non-hydrogen) atoms. The Balaban J connectivity index is 0.000000103. The average Bonchev–Trinajstić information content (AvgIpc) is 1.57. The molecule has 22 heteroatoms. The zero-order chi connectivity index (χ0) is 78.0. The van der Waals surface area contributed by atoms with Crippen molar-refractivity contribution in [1.29, 1.82) is 10.5 Å². The number of esters is 1. The highest BCUT2D eigenvalue weighted by Gasteiger charge is 2.59. The summed E-state index contributed by atoms with van der Waals surface area (Å²) in [7, 11) is -3.59. The van der Waals surface area contributed by atoms with Gasteiger partial charge in [0.15, 0.2) is 6.29 Å². The highest BCUT2D eigenvalue weighted by Crippen LogP contribution is 2.65. The third-order valence-electron chi connectivity index (χ3n) is 25.9. The molecule has 7 aliphatic carbocycles. The minimum absolute atomic E-state index is 0.00697. The van der Waals surface area contributed by atoms with E-state index in [4.69, 9.17) is 62.5 Å². The molecule has 19 nitrogen and oxygen atoms in total. The van der Waals surface area contributed by atoms with Gasteiger partial charge in [-0.15, -0.1) is 0 Å². The lowest BCUT2D eigenvalue weighted by molar-refractivity contribution is -0.131. The fraction of sp³-hybridized carbons (Fsp3) is 0.466. The maximum absolute atomic E-state index is 11.1. The number of carbonyl (C=O) groups is 2. The van der Waals surface area contributed by atoms with Crippen LogP contribution in [0.1, 0.15) is 204 Å². The topological polar surface area (TPSA) is 267 Å². The number of oxime groups is 1. The van der Waals surface area contributed by atoms with Gasteiger partial charge in [-0.3, -0.25) is 9.59 Å². The van der Waals surface area contributed by atoms with E-state index in [1.165, 1.54) is 68.4 Å². The molecule has 7 spiro atoms. The maximum atomic E-state index is 11.1. The Kier molecular flexibility index (Phi) is 19.0. The number of phenols is 3. The lowest BCUT2D eigenvalue weighted by atomic mass is 9.95. The van der Waals surface area contributed by atoms with Crippen LogP contribution in [0.3, 0.4) is 0 Å². The van der Waals surface area contributed by atoms with E-state index in [0.717, 1.165) is 133 Å². The molecule has 21 rings (SSSR count). The number of aromatic hydroxyl groups is 3. The third kappa shape index (κ3) is 13.8. The summed E-state index contributed by atoms with van der Waals surface area (Å²) in [5.41, 5.74) is 11.0. The minimum atomic E-state index is -1.81. The normalized spacial score (nSPS) is 20.1. The molecule has 0 atom stereocenters. The first-order chi connectivity index (χ1) is 52.3. The molecule has 576 valence electrons. The fourth-order valence-electron chi connectivity index (χ4n) is 15.9. The molecule has 0 aromatic heterocycles. The number of fused-ring (bicyclic) bond motifs is 14. The van der Waals surface area contributed by atoms with Gasteiger partial charge in [0.25, 0.3) is 0 Å². The van der Waals surface area contributed by atoms with E-state index in [1.807, 2.05) is 6.07 Å². The number of carbonyl (C=O) groups excluding carboxylic acids is 2. The van der Waals surface area contributed by atoms with Crippen molar-refractivity contribution < 1.29 is 76.9 Å². The van der Waals surface area contributed by atoms with Crippen LogP contribution in [-0.2, 0) is 42.7 Å². The van der Waals surface area contributed by atoms with E-state index < -0.39 is 16.6 Å². The lowest BCUT2D eigenvalue weighted by Crippen LogP contribution is -2.44. The van der Waals surface area contributed by atoms with Gasteiger partial charge in [0.1, 0.15) is 86.9 Å². The van der Waals surface area contributed by atoms with Crippen LogP contribution < -0.4 is 46.7 Å². The highest BCUT2D eigenvalue weighted by molar-refractivity contribution is 9.10. The lowest BCUT2D eigenvalue weighted by Gasteiger charge is -2.37. The number of nitrogens with zero attached hydrogens (tertiary/aromatic N) is 3. The van der Waals surface area contributed by atoms with Crippen molar-refractivity contribution in [3.8, 4) is 86.9 Å². The van der Waals surface area contributed by atoms with Crippen LogP contribution in [0.15, 0.2) is 113 Å². The summed E-state index contributed by atoms with van der Waals surface area (Å²) < 4.78 is 58.9. The number of benzene rings is 7. The summed E-state index contributed by atoms with van der Waals surface area (Å²) in [5, 5.41) is 59.1. The van der Waals surface area contributed by atoms with E-state index in [0.29, 0.717) is 82.8 Å². The molecule has 7 heterocycles. The smallest absolute Gasteiger partial charge is 0.308 e. The molecule has 14 aliphatic rings. The van der Waals surface area contributed by atoms with E-state index in [1.54, 1.807) is 48.5 Å². The van der Waals surface area contributed by atoms with Crippen LogP contribution in [0, 0.1) is 22.7 Å². The molecule has 7 fully saturated rings. The van der Waals surface area contributed by atoms with Gasteiger partial charge in [-0.25, -0.2) is 0 Å². The summed E-state index contributed by atoms with van der Waals surface area (Å²) in [6.07, 6.45) is 18.1. The van der Waals surface area contributed by atoms with Crippen molar-refractivity contribution in [2.45, 2.75) is 213 Å². The number of phenolic OH excluding ortho intramolecular Hbond substituents is 3. The molecular weight excluding hydrogens is 1490 g/mol. The van der Waals surface area contributed by atoms with Crippen molar-refractivity contribution in [2.24, 2.45) is 5.16 Å². The first-order valence-corrected chi connectivity index (χ1v) is 45.1. The molecule has 7 aromatic carbocycles. The van der Waals surface area contributed by atoms with Crippen molar-refractivity contribution in [3.05, 3.63) is 169 Å². The number of hydrogen-bond donors (Lipinski definition) is 4. The summed E-state index contributed by atoms with van der Waals surface area (Å²) in [6.45, 7) is 29.3. The number of ether oxygens (including phenoxy) is 8. The molecule has 4 N–H and O–H groups in total. The van der Waals surface area contributed by atoms with Crippen LogP contribution in [0.5, 0.6) is 74.7 Å². The van der Waals surface area contributed by atoms with Gasteiger partial charge in [0, 0.05) is 89.3 Å². The second kappa shape index (κ2) is 27.5. The number of para-hydroxylation sites is 1. The Labute approximate surface area is 654 Å². The number of halogens is 1. The molecule has 7 aliphatic heterocycles. The van der Waals surface area contributed by atoms with Crippen LogP contribution in [-0.4, -0.2) is 102 Å². The zero-order valence-corrected chi connectivity index (χ0v) is 68.3. The second-order valence-corrected chi connectivity index (χ2v) is 46.0. The summed E-state index contributed by atoms with van der Waals surface area (Å²) in [6, 6.07) is 36.1. The molecule has 0 saturated heterocycles. The first kappa shape index (κ1) is 76.0. The predicted octanol–water partition coefficient (Wildman–Crippen LogP) is 18.7. The maximum Gasteiger partial charge on any atom is 0.308 e. The van der Waals surface area contributed by atoms with Gasteiger partial charge in [-0.1, -0.05) is 71.0 Å². The van der Waals surface area contributed by atoms with Crippen molar-refractivity contribution in [3.63, 3.8) is 0 Å². The highest BCUT2D eigenvalue weighted by atomic mass is 79.9. The van der Waals surface area contributed by atoms with Gasteiger partial charge in [0.05, 0.1) is 73.6 Å². The van der Waals surface area contributed by atoms with Crippen LogP contribution in [0.4, 0.5) is 0 Å². The van der Waals surface area contributed by atoms with E-state index in [2.05, 4.69) is 149 Å². The van der Waals surface area contributed by atoms with Crippen LogP contribution in [0.2, 0.25) is 36.3 Å². The molecular formula is C88H98BrN3O16Si2. The van der Waals surface area contributed by atoms with E-state index in [9.17, 15) is 24.9 Å². The first-order valence-electron chi connectivity index (χ1n) is 38.5. The van der Waals surface area contributed by atoms with E-state index >= 15 is 0 Å². The Hall–Kier alpha value is -9.36. The van der Waals surface area contributed by atoms with Gasteiger partial charge < -0.3 is 67.3 Å². The summed E-state index contributed by atoms with van der Waals surface area (Å²) in [4.78, 5) is 21.8. The number of nitriles is 2. The average molecular weight is 1590 g/mol. The third-order valence-corrected chi connectivity index (χ3v) is 35.2. The fourth-order valence-corrected chi connectivity index (χ4v) is 18.4. The Morgan fingerprint density at radius 2 is 0.827 bits per heavy atom. The Morgan fingerprint density at radius 1 is 0.455 bits per heavy atom. The molecule has 0 unspecified atom stereocenters. The Morgan fingerprint density at radius 3 is 1.31 bits per heavy atom. The van der Waals surface area contributed by atoms with Crippen LogP contribution in [0.25, 0.3) is 0 Å². The largest absolute Gasteiger partial charge is 0.543 e. The van der Waals surface area contributed by atoms with Crippen molar-refractivity contribution in [1.82, 2.24) is 0 Å². The summed E-state index contributed by atoms with van der Waals surface area (Å²) in [5.74, 6) is 8.81. The molecule has 0 radical (unpaired) electrons. The molecule has 0 amide bonds. The van der Waals surface area contributed by atoms with Crippen molar-refractivity contribution >= 4 is 51.0 Å². The molecule has 0 bridgehead atoms. The quantitative estimate of drug-likeness (QED) is 0.0220. The summed E-state index contributed by atoms with van der Waals surface area (Å²) >= 11 is 3.61. The minimum Gasteiger partial charge on any atom is -0.543 e. The van der Waals surface area contributed by atoms with Crippen molar-refractivity contribution in [2.75, 3.05) is 46.2 Å². The van der Waals surface area contributed by atoms with Crippen LogP contribution >= 0.6 is 15.9 Å².